The minimum Gasteiger partial charge on any atom is -0.497 e. The average molecular weight is 383 g/mol. The van der Waals surface area contributed by atoms with Gasteiger partial charge in [-0.15, -0.1) is 0 Å². The van der Waals surface area contributed by atoms with Crippen LogP contribution in [-0.4, -0.2) is 31.0 Å². The van der Waals surface area contributed by atoms with Crippen molar-refractivity contribution in [3.8, 4) is 16.9 Å². The molecule has 28 heavy (non-hydrogen) atoms. The van der Waals surface area contributed by atoms with E-state index in [4.69, 9.17) is 16.2 Å². The molecule has 2 amide bonds. The first-order chi connectivity index (χ1) is 13.3. The van der Waals surface area contributed by atoms with Crippen molar-refractivity contribution in [2.24, 2.45) is 17.4 Å². The van der Waals surface area contributed by atoms with E-state index in [0.29, 0.717) is 12.8 Å². The van der Waals surface area contributed by atoms with Gasteiger partial charge in [0, 0.05) is 0 Å². The minimum atomic E-state index is -0.753. The van der Waals surface area contributed by atoms with Gasteiger partial charge in [0.25, 0.3) is 0 Å². The van der Waals surface area contributed by atoms with E-state index in [1.54, 1.807) is 7.11 Å². The number of carbonyl (C=O) groups is 2. The smallest absolute Gasteiger partial charge is 0.240 e. The van der Waals surface area contributed by atoms with Gasteiger partial charge in [0.1, 0.15) is 11.8 Å². The largest absolute Gasteiger partial charge is 0.497 e. The lowest BCUT2D eigenvalue weighted by atomic mass is 9.99. The Kier molecular flexibility index (Phi) is 7.58. The number of carbonyl (C=O) groups excluding carboxylic acids is 2. The van der Waals surface area contributed by atoms with Gasteiger partial charge in [-0.25, -0.2) is 0 Å². The number of nitrogens with one attached hydrogen (secondary N) is 1. The maximum Gasteiger partial charge on any atom is 0.240 e. The predicted molar refractivity (Wildman–Crippen MR) is 111 cm³/mol. The molecule has 0 fully saturated rings. The maximum atomic E-state index is 12.3. The number of nitrogens with two attached hydrogens (primary N) is 2. The van der Waals surface area contributed by atoms with Gasteiger partial charge >= 0.3 is 0 Å². The number of methoxy groups -OCH3 is 1. The summed E-state index contributed by atoms with van der Waals surface area (Å²) in [6.45, 7) is 3.93. The third-order valence-electron chi connectivity index (χ3n) is 4.52. The highest BCUT2D eigenvalue weighted by molar-refractivity contribution is 5.89. The van der Waals surface area contributed by atoms with E-state index in [1.165, 1.54) is 0 Å². The molecule has 0 unspecified atom stereocenters. The van der Waals surface area contributed by atoms with Crippen LogP contribution in [0.1, 0.15) is 25.8 Å². The van der Waals surface area contributed by atoms with Gasteiger partial charge in [-0.3, -0.25) is 9.59 Å². The molecule has 0 saturated heterocycles. The molecule has 0 bridgehead atoms. The van der Waals surface area contributed by atoms with Crippen molar-refractivity contribution in [3.05, 3.63) is 54.1 Å². The number of benzene rings is 2. The monoisotopic (exact) mass is 383 g/mol. The molecule has 6 nitrogen and oxygen atoms in total. The summed E-state index contributed by atoms with van der Waals surface area (Å²) < 4.78 is 5.26. The quantitative estimate of drug-likeness (QED) is 0.617. The van der Waals surface area contributed by atoms with Gasteiger partial charge in [0.05, 0.1) is 13.2 Å². The Morgan fingerprint density at radius 2 is 1.75 bits per heavy atom. The molecule has 0 aliphatic heterocycles. The van der Waals surface area contributed by atoms with Crippen LogP contribution in [0.25, 0.3) is 11.1 Å². The van der Waals surface area contributed by atoms with E-state index in [0.717, 1.165) is 22.4 Å². The highest BCUT2D eigenvalue weighted by Crippen LogP contribution is 2.24. The summed E-state index contributed by atoms with van der Waals surface area (Å²) in [5.41, 5.74) is 14.4. The molecule has 2 atom stereocenters. The Labute approximate surface area is 166 Å². The SMILES string of the molecule is COc1cccc(-c2ccc(C[C@H](N)C(=O)N[C@H](CC(C)C)C(N)=O)cc2)c1. The first-order valence-corrected chi connectivity index (χ1v) is 9.38. The molecule has 0 heterocycles. The number of amides is 2. The lowest BCUT2D eigenvalue weighted by molar-refractivity contribution is -0.128. The van der Waals surface area contributed by atoms with E-state index in [2.05, 4.69) is 5.32 Å². The van der Waals surface area contributed by atoms with Crippen molar-refractivity contribution in [2.45, 2.75) is 38.8 Å². The molecule has 6 heteroatoms. The Morgan fingerprint density at radius 3 is 2.32 bits per heavy atom. The normalized spacial score (nSPS) is 13.0. The Morgan fingerprint density at radius 1 is 1.07 bits per heavy atom. The van der Waals surface area contributed by atoms with E-state index in [9.17, 15) is 9.59 Å². The zero-order chi connectivity index (χ0) is 20.7. The Bertz CT molecular complexity index is 803. The summed E-state index contributed by atoms with van der Waals surface area (Å²) in [7, 11) is 1.64. The molecule has 0 aliphatic rings. The van der Waals surface area contributed by atoms with E-state index in [-0.39, 0.29) is 11.8 Å². The maximum absolute atomic E-state index is 12.3. The Balaban J connectivity index is 2.00. The highest BCUT2D eigenvalue weighted by atomic mass is 16.5. The molecular weight excluding hydrogens is 354 g/mol. The van der Waals surface area contributed by atoms with E-state index < -0.39 is 18.0 Å². The lowest BCUT2D eigenvalue weighted by Gasteiger charge is -2.20. The fourth-order valence-corrected chi connectivity index (χ4v) is 2.98. The summed E-state index contributed by atoms with van der Waals surface area (Å²) >= 11 is 0. The van der Waals surface area contributed by atoms with Crippen LogP contribution in [0.4, 0.5) is 0 Å². The fourth-order valence-electron chi connectivity index (χ4n) is 2.98. The molecule has 2 aromatic rings. The van der Waals surface area contributed by atoms with E-state index >= 15 is 0 Å². The zero-order valence-corrected chi connectivity index (χ0v) is 16.6. The second kappa shape index (κ2) is 9.90. The van der Waals surface area contributed by atoms with Crippen molar-refractivity contribution in [1.82, 2.24) is 5.32 Å². The van der Waals surface area contributed by atoms with Crippen molar-refractivity contribution in [1.29, 1.82) is 0 Å². The van der Waals surface area contributed by atoms with Crippen LogP contribution in [0, 0.1) is 5.92 Å². The third-order valence-corrected chi connectivity index (χ3v) is 4.52. The minimum absolute atomic E-state index is 0.234. The van der Waals surface area contributed by atoms with Crippen LogP contribution < -0.4 is 21.5 Å². The van der Waals surface area contributed by atoms with Crippen molar-refractivity contribution in [3.63, 3.8) is 0 Å². The molecule has 0 saturated carbocycles. The standard InChI is InChI=1S/C22H29N3O3/c1-14(2)11-20(21(24)26)25-22(27)19(23)12-15-7-9-16(10-8-15)17-5-4-6-18(13-17)28-3/h4-10,13-14,19-20H,11-12,23H2,1-3H3,(H2,24,26)(H,25,27)/t19-,20+/m0/s1. The molecular formula is C22H29N3O3. The molecule has 5 N–H and O–H groups in total. The summed E-state index contributed by atoms with van der Waals surface area (Å²) in [5, 5.41) is 2.67. The Hall–Kier alpha value is -2.86. The number of rotatable bonds is 9. The summed E-state index contributed by atoms with van der Waals surface area (Å²) in [6, 6.07) is 14.2. The number of hydrogen-bond donors (Lipinski definition) is 3. The second-order valence-electron chi connectivity index (χ2n) is 7.33. The second-order valence-corrected chi connectivity index (χ2v) is 7.33. The predicted octanol–water partition coefficient (Wildman–Crippen LogP) is 2.25. The van der Waals surface area contributed by atoms with Crippen LogP contribution in [0.15, 0.2) is 48.5 Å². The third kappa shape index (κ3) is 6.09. The van der Waals surface area contributed by atoms with Gasteiger partial charge in [-0.1, -0.05) is 50.2 Å². The van der Waals surface area contributed by atoms with Crippen LogP contribution in [-0.2, 0) is 16.0 Å². The van der Waals surface area contributed by atoms with Gasteiger partial charge < -0.3 is 21.5 Å². The number of hydrogen-bond acceptors (Lipinski definition) is 4. The first kappa shape index (κ1) is 21.4. The average Bonchev–Trinajstić information content (AvgIpc) is 2.67. The lowest BCUT2D eigenvalue weighted by Crippen LogP contribution is -2.51. The summed E-state index contributed by atoms with van der Waals surface area (Å²) in [4.78, 5) is 23.9. The first-order valence-electron chi connectivity index (χ1n) is 9.38. The molecule has 150 valence electrons. The van der Waals surface area contributed by atoms with Crippen LogP contribution in [0.2, 0.25) is 0 Å². The fraction of sp³-hybridized carbons (Fsp3) is 0.364. The van der Waals surface area contributed by atoms with Gasteiger partial charge in [-0.05, 0) is 47.6 Å². The molecule has 2 aromatic carbocycles. The number of primary amides is 1. The highest BCUT2D eigenvalue weighted by Gasteiger charge is 2.22. The molecule has 0 spiro atoms. The molecule has 0 aromatic heterocycles. The van der Waals surface area contributed by atoms with Crippen LogP contribution >= 0.6 is 0 Å². The molecule has 0 aliphatic carbocycles. The molecule has 2 rings (SSSR count). The zero-order valence-electron chi connectivity index (χ0n) is 16.6. The summed E-state index contributed by atoms with van der Waals surface area (Å²) in [6.07, 6.45) is 0.862. The van der Waals surface area contributed by atoms with Gasteiger partial charge in [0.15, 0.2) is 0 Å². The van der Waals surface area contributed by atoms with Crippen LogP contribution in [0.3, 0.4) is 0 Å². The van der Waals surface area contributed by atoms with Crippen LogP contribution in [0.5, 0.6) is 5.75 Å². The molecule has 0 radical (unpaired) electrons. The van der Waals surface area contributed by atoms with Crippen molar-refractivity contribution in [2.75, 3.05) is 7.11 Å². The van der Waals surface area contributed by atoms with Crippen molar-refractivity contribution < 1.29 is 14.3 Å². The van der Waals surface area contributed by atoms with Gasteiger partial charge in [-0.2, -0.15) is 0 Å². The van der Waals surface area contributed by atoms with Crippen molar-refractivity contribution >= 4 is 11.8 Å². The topological polar surface area (TPSA) is 107 Å². The summed E-state index contributed by atoms with van der Waals surface area (Å²) in [5.74, 6) is 0.113. The van der Waals surface area contributed by atoms with Gasteiger partial charge in [0.2, 0.25) is 11.8 Å². The van der Waals surface area contributed by atoms with E-state index in [1.807, 2.05) is 62.4 Å². The number of ether oxygens (including phenoxy) is 1.